The molecule has 0 aliphatic carbocycles. The molecule has 0 saturated carbocycles. The van der Waals surface area contributed by atoms with E-state index >= 15 is 0 Å². The molecule has 0 aliphatic heterocycles. The third-order valence-corrected chi connectivity index (χ3v) is 2.47. The van der Waals surface area contributed by atoms with Crippen molar-refractivity contribution in [2.75, 3.05) is 0 Å². The Balaban J connectivity index is 3.61. The second-order valence-corrected chi connectivity index (χ2v) is 4.54. The molecule has 0 aliphatic rings. The van der Waals surface area contributed by atoms with Crippen molar-refractivity contribution in [2.24, 2.45) is 16.7 Å². The molecule has 4 N–H and O–H groups in total. The van der Waals surface area contributed by atoms with Crippen molar-refractivity contribution in [3.8, 4) is 0 Å². The lowest BCUT2D eigenvalue weighted by atomic mass is 10.1. The summed E-state index contributed by atoms with van der Waals surface area (Å²) in [7, 11) is 0. The smallest absolute Gasteiger partial charge is 0.178 e. The number of halogens is 1. The minimum Gasteiger partial charge on any atom is -0.384 e. The van der Waals surface area contributed by atoms with Gasteiger partial charge < -0.3 is 11.6 Å². The van der Waals surface area contributed by atoms with E-state index in [1.165, 1.54) is 4.68 Å². The van der Waals surface area contributed by atoms with E-state index in [0.29, 0.717) is 17.2 Å². The third kappa shape index (κ3) is 2.49. The Morgan fingerprint density at radius 2 is 2.27 bits per heavy atom. The van der Waals surface area contributed by atoms with Crippen molar-refractivity contribution >= 4 is 28.4 Å². The third-order valence-electron chi connectivity index (χ3n) is 1.95. The van der Waals surface area contributed by atoms with E-state index in [1.807, 2.05) is 6.07 Å². The van der Waals surface area contributed by atoms with Gasteiger partial charge in [0.1, 0.15) is 9.52 Å². The summed E-state index contributed by atoms with van der Waals surface area (Å²) in [5.74, 6) is 5.95. The average Bonchev–Trinajstić information content (AvgIpc) is 2.16. The van der Waals surface area contributed by atoms with E-state index in [9.17, 15) is 0 Å². The van der Waals surface area contributed by atoms with Gasteiger partial charge in [0, 0.05) is 5.56 Å². The van der Waals surface area contributed by atoms with Gasteiger partial charge in [-0.15, -0.1) is 0 Å². The minimum atomic E-state index is 0.300. The average molecular weight is 319 g/mol. The number of hydrogen-bond acceptors (Lipinski definition) is 4. The van der Waals surface area contributed by atoms with Crippen LogP contribution < -0.4 is 17.1 Å². The maximum Gasteiger partial charge on any atom is 0.178 e. The quantitative estimate of drug-likeness (QED) is 0.480. The first-order chi connectivity index (χ1) is 6.97. The molecule has 0 fully saturated rings. The van der Waals surface area contributed by atoms with Crippen LogP contribution in [0.15, 0.2) is 17.7 Å². The van der Waals surface area contributed by atoms with Crippen LogP contribution in [0.4, 0.5) is 0 Å². The number of rotatable bonds is 2. The Morgan fingerprint density at radius 3 is 2.67 bits per heavy atom. The molecule has 5 nitrogen and oxygen atoms in total. The highest BCUT2D eigenvalue weighted by atomic mass is 127. The first-order valence-corrected chi connectivity index (χ1v) is 5.53. The standard InChI is InChI=1S/C9H14IN5/c1-5(2)7-4-8(10)14-15(6(3)11)9(7)13-12/h4-5H,3,11-12H2,1-2H3/b13-9-. The highest BCUT2D eigenvalue weighted by Gasteiger charge is 2.09. The Bertz CT molecular complexity index is 446. The molecule has 0 spiro atoms. The van der Waals surface area contributed by atoms with Gasteiger partial charge in [-0.3, -0.25) is 0 Å². The molecule has 6 heteroatoms. The number of hydrogen-bond donors (Lipinski definition) is 2. The van der Waals surface area contributed by atoms with Crippen LogP contribution in [0.5, 0.6) is 0 Å². The summed E-state index contributed by atoms with van der Waals surface area (Å²) in [6.45, 7) is 7.75. The van der Waals surface area contributed by atoms with E-state index in [0.717, 1.165) is 9.26 Å². The maximum atomic E-state index is 5.62. The van der Waals surface area contributed by atoms with E-state index in [-0.39, 0.29) is 0 Å². The Hall–Kier alpha value is -1.05. The van der Waals surface area contributed by atoms with Gasteiger partial charge in [0.2, 0.25) is 0 Å². The summed E-state index contributed by atoms with van der Waals surface area (Å²) < 4.78 is 2.28. The topological polar surface area (TPSA) is 82.2 Å². The monoisotopic (exact) mass is 319 g/mol. The van der Waals surface area contributed by atoms with Crippen LogP contribution in [0.1, 0.15) is 25.3 Å². The van der Waals surface area contributed by atoms with Crippen LogP contribution in [0, 0.1) is 3.70 Å². The second-order valence-electron chi connectivity index (χ2n) is 3.43. The van der Waals surface area contributed by atoms with E-state index < -0.39 is 0 Å². The lowest BCUT2D eigenvalue weighted by Crippen LogP contribution is -2.31. The van der Waals surface area contributed by atoms with Crippen molar-refractivity contribution in [1.82, 2.24) is 9.78 Å². The number of nitrogens with zero attached hydrogens (tertiary/aromatic N) is 3. The van der Waals surface area contributed by atoms with Crippen LogP contribution in [0.25, 0.3) is 5.82 Å². The zero-order chi connectivity index (χ0) is 11.6. The minimum absolute atomic E-state index is 0.300. The molecule has 0 saturated heterocycles. The molecule has 0 unspecified atom stereocenters. The summed E-state index contributed by atoms with van der Waals surface area (Å²) >= 11 is 2.12. The van der Waals surface area contributed by atoms with Crippen molar-refractivity contribution in [1.29, 1.82) is 0 Å². The predicted octanol–water partition coefficient (Wildman–Crippen LogP) is 0.772. The molecule has 15 heavy (non-hydrogen) atoms. The number of nitrogens with two attached hydrogens (primary N) is 2. The van der Waals surface area contributed by atoms with E-state index in [2.05, 4.69) is 53.2 Å². The first kappa shape index (κ1) is 12.0. The fraction of sp³-hybridized carbons (Fsp3) is 0.333. The fourth-order valence-corrected chi connectivity index (χ4v) is 1.79. The van der Waals surface area contributed by atoms with Gasteiger partial charge in [-0.1, -0.05) is 20.4 Å². The largest absolute Gasteiger partial charge is 0.384 e. The lowest BCUT2D eigenvalue weighted by molar-refractivity contribution is 0.717. The van der Waals surface area contributed by atoms with Crippen LogP contribution in [-0.2, 0) is 0 Å². The molecule has 1 rings (SSSR count). The number of aromatic nitrogens is 2. The van der Waals surface area contributed by atoms with E-state index in [1.54, 1.807) is 0 Å². The Kier molecular flexibility index (Phi) is 3.72. The van der Waals surface area contributed by atoms with Crippen molar-refractivity contribution in [2.45, 2.75) is 19.8 Å². The summed E-state index contributed by atoms with van der Waals surface area (Å²) in [5.41, 5.74) is 7.17. The van der Waals surface area contributed by atoms with Gasteiger partial charge >= 0.3 is 0 Å². The lowest BCUT2D eigenvalue weighted by Gasteiger charge is -2.11. The Morgan fingerprint density at radius 1 is 1.67 bits per heavy atom. The molecule has 1 aromatic rings. The molecule has 0 atom stereocenters. The molecule has 0 bridgehead atoms. The zero-order valence-electron chi connectivity index (χ0n) is 8.74. The summed E-state index contributed by atoms with van der Waals surface area (Å²) in [6, 6.07) is 1.94. The first-order valence-electron chi connectivity index (χ1n) is 4.45. The normalized spacial score (nSPS) is 12.1. The molecule has 0 radical (unpaired) electrons. The second kappa shape index (κ2) is 4.65. The molecular weight excluding hydrogens is 305 g/mol. The van der Waals surface area contributed by atoms with E-state index in [4.69, 9.17) is 11.6 Å². The molecule has 1 aromatic heterocycles. The molecule has 1 heterocycles. The molecule has 82 valence electrons. The molecular formula is C9H14IN5. The van der Waals surface area contributed by atoms with Crippen LogP contribution in [0.3, 0.4) is 0 Å². The Labute approximate surface area is 102 Å². The van der Waals surface area contributed by atoms with Gasteiger partial charge in [0.25, 0.3) is 0 Å². The molecule has 0 amide bonds. The van der Waals surface area contributed by atoms with Gasteiger partial charge in [-0.25, -0.2) is 0 Å². The predicted molar refractivity (Wildman–Crippen MR) is 68.3 cm³/mol. The maximum absolute atomic E-state index is 5.62. The van der Waals surface area contributed by atoms with Crippen molar-refractivity contribution < 1.29 is 0 Å². The highest BCUT2D eigenvalue weighted by molar-refractivity contribution is 14.1. The van der Waals surface area contributed by atoms with Gasteiger partial charge in [-0.05, 0) is 34.6 Å². The van der Waals surface area contributed by atoms with Gasteiger partial charge in [-0.2, -0.15) is 14.9 Å². The van der Waals surface area contributed by atoms with Gasteiger partial charge in [0.05, 0.1) is 0 Å². The molecule has 0 aromatic carbocycles. The van der Waals surface area contributed by atoms with Crippen LogP contribution in [0.2, 0.25) is 0 Å². The summed E-state index contributed by atoms with van der Waals surface area (Å²) in [5, 5.41) is 7.90. The fourth-order valence-electron chi connectivity index (χ4n) is 1.24. The van der Waals surface area contributed by atoms with Crippen molar-refractivity contribution in [3.63, 3.8) is 0 Å². The highest BCUT2D eigenvalue weighted by Crippen LogP contribution is 2.11. The zero-order valence-corrected chi connectivity index (χ0v) is 10.9. The summed E-state index contributed by atoms with van der Waals surface area (Å²) in [4.78, 5) is 0. The summed E-state index contributed by atoms with van der Waals surface area (Å²) in [6.07, 6.45) is 0. The van der Waals surface area contributed by atoms with Crippen LogP contribution in [-0.4, -0.2) is 9.78 Å². The van der Waals surface area contributed by atoms with Gasteiger partial charge in [0.15, 0.2) is 5.49 Å². The SMILES string of the molecule is C=C(N)n1nc(I)cc(C(C)C)/c1=N/N. The van der Waals surface area contributed by atoms with Crippen LogP contribution >= 0.6 is 22.6 Å². The van der Waals surface area contributed by atoms with Crippen molar-refractivity contribution in [3.05, 3.63) is 27.4 Å².